The number of benzene rings is 2. The number of aromatic nitrogens is 2. The number of rotatable bonds is 7. The van der Waals surface area contributed by atoms with Crippen LogP contribution in [0.1, 0.15) is 0 Å². The van der Waals surface area contributed by atoms with Crippen LogP contribution in [0.3, 0.4) is 0 Å². The highest BCUT2D eigenvalue weighted by Gasteiger charge is 2.48. The number of aliphatic hydroxyl groups is 2. The zero-order chi connectivity index (χ0) is 24.6. The Balaban J connectivity index is 1.20. The van der Waals surface area contributed by atoms with E-state index in [2.05, 4.69) is 9.97 Å². The van der Waals surface area contributed by atoms with Crippen LogP contribution >= 0.6 is 0 Å². The van der Waals surface area contributed by atoms with E-state index in [0.29, 0.717) is 34.8 Å². The van der Waals surface area contributed by atoms with E-state index >= 15 is 0 Å². The summed E-state index contributed by atoms with van der Waals surface area (Å²) in [6.45, 7) is 0.744. The second kappa shape index (κ2) is 9.51. The predicted octanol–water partition coefficient (Wildman–Crippen LogP) is 3.31. The van der Waals surface area contributed by atoms with Crippen molar-refractivity contribution in [3.63, 3.8) is 0 Å². The number of aromatic amines is 1. The van der Waals surface area contributed by atoms with Gasteiger partial charge >= 0.3 is 0 Å². The van der Waals surface area contributed by atoms with Crippen LogP contribution < -0.4 is 9.47 Å². The highest BCUT2D eigenvalue weighted by molar-refractivity contribution is 5.81. The largest absolute Gasteiger partial charge is 0.491 e. The van der Waals surface area contributed by atoms with Crippen molar-refractivity contribution < 1.29 is 33.6 Å². The van der Waals surface area contributed by atoms with Crippen LogP contribution in [-0.4, -0.2) is 71.0 Å². The first kappa shape index (κ1) is 22.9. The zero-order valence-electron chi connectivity index (χ0n) is 19.3. The van der Waals surface area contributed by atoms with Crippen molar-refractivity contribution in [1.29, 1.82) is 0 Å². The Morgan fingerprint density at radius 1 is 0.944 bits per heavy atom. The minimum atomic E-state index is -0.652. The number of hydrogen-bond donors (Lipinski definition) is 3. The Bertz CT molecular complexity index is 1360. The molecule has 0 unspecified atom stereocenters. The van der Waals surface area contributed by atoms with Gasteiger partial charge in [-0.1, -0.05) is 36.4 Å². The van der Waals surface area contributed by atoms with Gasteiger partial charge in [0.15, 0.2) is 17.8 Å². The van der Waals surface area contributed by atoms with Crippen LogP contribution in [0.15, 0.2) is 60.7 Å². The molecular formula is C27H25FN2O6. The van der Waals surface area contributed by atoms with Gasteiger partial charge in [0.1, 0.15) is 36.4 Å². The Kier molecular flexibility index (Phi) is 6.06. The molecule has 9 heteroatoms. The van der Waals surface area contributed by atoms with E-state index in [9.17, 15) is 9.50 Å². The first-order valence-electron chi connectivity index (χ1n) is 11.8. The average Bonchev–Trinajstić information content (AvgIpc) is 3.59. The molecule has 2 aromatic carbocycles. The highest BCUT2D eigenvalue weighted by atomic mass is 19.1. The second-order valence-electron chi connectivity index (χ2n) is 8.88. The lowest BCUT2D eigenvalue weighted by Gasteiger charge is -2.16. The van der Waals surface area contributed by atoms with Crippen molar-refractivity contribution in [2.24, 2.45) is 0 Å². The van der Waals surface area contributed by atoms with Crippen LogP contribution in [0.25, 0.3) is 33.4 Å². The van der Waals surface area contributed by atoms with Gasteiger partial charge in [0.25, 0.3) is 0 Å². The van der Waals surface area contributed by atoms with Crippen LogP contribution in [-0.2, 0) is 9.47 Å². The van der Waals surface area contributed by atoms with E-state index < -0.39 is 11.9 Å². The number of H-pyrrole nitrogens is 1. The zero-order valence-corrected chi connectivity index (χ0v) is 19.3. The third-order valence-corrected chi connectivity index (χ3v) is 6.50. The molecule has 0 radical (unpaired) electrons. The van der Waals surface area contributed by atoms with Gasteiger partial charge in [-0.05, 0) is 23.3 Å². The molecule has 2 fully saturated rings. The summed E-state index contributed by atoms with van der Waals surface area (Å²) in [7, 11) is 0. The maximum Gasteiger partial charge on any atom is 0.193 e. The Hall–Kier alpha value is -3.50. The molecule has 2 saturated heterocycles. The van der Waals surface area contributed by atoms with E-state index in [1.807, 2.05) is 48.5 Å². The van der Waals surface area contributed by atoms with E-state index in [-0.39, 0.29) is 43.8 Å². The van der Waals surface area contributed by atoms with E-state index in [0.717, 1.165) is 11.1 Å². The maximum absolute atomic E-state index is 15.0. The summed E-state index contributed by atoms with van der Waals surface area (Å²) < 4.78 is 37.6. The van der Waals surface area contributed by atoms with Crippen LogP contribution in [0, 0.1) is 5.82 Å². The summed E-state index contributed by atoms with van der Waals surface area (Å²) in [6, 6.07) is 18.2. The molecule has 3 N–H and O–H groups in total. The molecule has 2 aliphatic rings. The minimum Gasteiger partial charge on any atom is -0.491 e. The van der Waals surface area contributed by atoms with Gasteiger partial charge in [-0.2, -0.15) is 0 Å². The lowest BCUT2D eigenvalue weighted by atomic mass is 10.0. The van der Waals surface area contributed by atoms with Crippen molar-refractivity contribution in [3.05, 3.63) is 66.5 Å². The van der Waals surface area contributed by atoms with Gasteiger partial charge in [-0.15, -0.1) is 0 Å². The summed E-state index contributed by atoms with van der Waals surface area (Å²) in [5.41, 5.74) is 3.97. The van der Waals surface area contributed by atoms with Crippen molar-refractivity contribution in [1.82, 2.24) is 9.97 Å². The molecule has 0 spiro atoms. The van der Waals surface area contributed by atoms with Crippen molar-refractivity contribution in [3.8, 4) is 34.0 Å². The summed E-state index contributed by atoms with van der Waals surface area (Å²) in [6.07, 6.45) is -1.75. The maximum atomic E-state index is 15.0. The number of aliphatic hydroxyl groups excluding tert-OH is 2. The molecule has 186 valence electrons. The fourth-order valence-corrected chi connectivity index (χ4v) is 4.71. The number of pyridine rings is 1. The van der Waals surface area contributed by atoms with Crippen molar-refractivity contribution >= 4 is 11.0 Å². The monoisotopic (exact) mass is 492 g/mol. The molecule has 8 nitrogen and oxygen atoms in total. The van der Waals surface area contributed by atoms with Crippen LogP contribution in [0.4, 0.5) is 4.39 Å². The number of nitrogens with one attached hydrogen (secondary N) is 1. The fraction of sp³-hybridized carbons (Fsp3) is 0.296. The van der Waals surface area contributed by atoms with Gasteiger partial charge in [0.05, 0.1) is 30.9 Å². The van der Waals surface area contributed by atoms with Gasteiger partial charge < -0.3 is 34.1 Å². The quantitative estimate of drug-likeness (QED) is 0.364. The lowest BCUT2D eigenvalue weighted by molar-refractivity contribution is 0.00794. The van der Waals surface area contributed by atoms with Crippen LogP contribution in [0.2, 0.25) is 0 Å². The third kappa shape index (κ3) is 4.31. The minimum absolute atomic E-state index is 0.0347. The summed E-state index contributed by atoms with van der Waals surface area (Å²) in [5, 5.41) is 18.8. The van der Waals surface area contributed by atoms with Gasteiger partial charge in [0.2, 0.25) is 0 Å². The first-order valence-corrected chi connectivity index (χ1v) is 11.8. The summed E-state index contributed by atoms with van der Waals surface area (Å²) >= 11 is 0. The third-order valence-electron chi connectivity index (χ3n) is 6.50. The topological polar surface area (TPSA) is 106 Å². The number of ether oxygens (including phenoxy) is 4. The standard InChI is InChI=1S/C27H25FN2O6/c28-19-11-20-21(12-24(29-20)36-23-14-35-26-22(32)13-34-27(23)26)30-25(19)17-3-1-15(2-4-17)16-5-7-18(8-6-16)33-10-9-31/h1-8,11-12,22-23,26-27,29,31-32H,9-10,13-14H2/t22-,23-,26-,27-/m1/s1. The van der Waals surface area contributed by atoms with Crippen molar-refractivity contribution in [2.75, 3.05) is 26.4 Å². The number of fused-ring (bicyclic) bond motifs is 2. The molecule has 4 heterocycles. The Labute approximate surface area is 206 Å². The molecule has 6 rings (SSSR count). The number of halogens is 1. The molecule has 2 aromatic heterocycles. The Morgan fingerprint density at radius 3 is 2.39 bits per heavy atom. The molecule has 0 amide bonds. The number of nitrogens with zero attached hydrogens (tertiary/aromatic N) is 1. The molecule has 4 atom stereocenters. The average molecular weight is 493 g/mol. The Morgan fingerprint density at radius 2 is 1.64 bits per heavy atom. The predicted molar refractivity (Wildman–Crippen MR) is 129 cm³/mol. The molecular weight excluding hydrogens is 467 g/mol. The van der Waals surface area contributed by atoms with E-state index in [1.165, 1.54) is 6.07 Å². The van der Waals surface area contributed by atoms with Crippen molar-refractivity contribution in [2.45, 2.75) is 24.4 Å². The summed E-state index contributed by atoms with van der Waals surface area (Å²) in [4.78, 5) is 7.59. The smallest absolute Gasteiger partial charge is 0.193 e. The van der Waals surface area contributed by atoms with Crippen LogP contribution in [0.5, 0.6) is 11.6 Å². The van der Waals surface area contributed by atoms with Gasteiger partial charge in [-0.3, -0.25) is 0 Å². The van der Waals surface area contributed by atoms with E-state index in [4.69, 9.17) is 24.1 Å². The van der Waals surface area contributed by atoms with Gasteiger partial charge in [-0.25, -0.2) is 9.37 Å². The number of hydrogen-bond acceptors (Lipinski definition) is 7. The van der Waals surface area contributed by atoms with E-state index in [1.54, 1.807) is 6.07 Å². The second-order valence-corrected chi connectivity index (χ2v) is 8.88. The first-order chi connectivity index (χ1) is 17.6. The fourth-order valence-electron chi connectivity index (χ4n) is 4.71. The highest BCUT2D eigenvalue weighted by Crippen LogP contribution is 2.32. The molecule has 4 aromatic rings. The molecule has 2 aliphatic heterocycles. The molecule has 0 aliphatic carbocycles. The van der Waals surface area contributed by atoms with Gasteiger partial charge in [0, 0.05) is 17.7 Å². The molecule has 0 saturated carbocycles. The molecule has 0 bridgehead atoms. The lowest BCUT2D eigenvalue weighted by Crippen LogP contribution is -2.34. The normalized spacial score (nSPS) is 23.2. The summed E-state index contributed by atoms with van der Waals surface area (Å²) in [5.74, 6) is 0.683. The SMILES string of the molecule is OCCOc1ccc(-c2ccc(-c3nc4cc(O[C@@H]5CO[C@H]6[C@@H]5OC[C@H]6O)[nH]c4cc3F)cc2)cc1. The molecule has 36 heavy (non-hydrogen) atoms.